The normalized spacial score (nSPS) is 10.5. The molecule has 6 nitrogen and oxygen atoms in total. The van der Waals surface area contributed by atoms with Crippen LogP contribution in [-0.2, 0) is 4.84 Å². The zero-order valence-electron chi connectivity index (χ0n) is 12.1. The zero-order valence-corrected chi connectivity index (χ0v) is 12.1. The molecule has 0 saturated carbocycles. The van der Waals surface area contributed by atoms with Crippen LogP contribution in [0.1, 0.15) is 10.4 Å². The van der Waals surface area contributed by atoms with Crippen LogP contribution in [0.15, 0.2) is 53.1 Å². The van der Waals surface area contributed by atoms with Crippen LogP contribution >= 0.6 is 0 Å². The molecule has 0 aliphatic heterocycles. The number of carbonyl (C=O) groups excluding carboxylic acids is 1. The maximum absolute atomic E-state index is 13.7. The van der Waals surface area contributed by atoms with Crippen molar-refractivity contribution in [1.29, 1.82) is 0 Å². The standard InChI is InChI=1S/C16H12FN3O3/c1-22-20-15(21)11-6-4-5-10(9-11)14-18-16(23-19-14)12-7-2-3-8-13(12)17/h2-9H,1H3,(H,20,21). The Morgan fingerprint density at radius 3 is 2.83 bits per heavy atom. The van der Waals surface area contributed by atoms with Crippen LogP contribution in [0.3, 0.4) is 0 Å². The summed E-state index contributed by atoms with van der Waals surface area (Å²) in [7, 11) is 1.35. The number of benzene rings is 2. The Balaban J connectivity index is 1.93. The summed E-state index contributed by atoms with van der Waals surface area (Å²) < 4.78 is 18.9. The summed E-state index contributed by atoms with van der Waals surface area (Å²) in [5.41, 5.74) is 3.39. The van der Waals surface area contributed by atoms with Crippen molar-refractivity contribution in [2.45, 2.75) is 0 Å². The third kappa shape index (κ3) is 3.09. The summed E-state index contributed by atoms with van der Waals surface area (Å²) in [6, 6.07) is 12.7. The van der Waals surface area contributed by atoms with Crippen LogP contribution < -0.4 is 5.48 Å². The maximum Gasteiger partial charge on any atom is 0.274 e. The summed E-state index contributed by atoms with van der Waals surface area (Å²) in [6.07, 6.45) is 0. The van der Waals surface area contributed by atoms with Crippen molar-refractivity contribution in [2.75, 3.05) is 7.11 Å². The second-order valence-corrected chi connectivity index (χ2v) is 4.62. The topological polar surface area (TPSA) is 77.2 Å². The van der Waals surface area contributed by atoms with Gasteiger partial charge in [0, 0.05) is 11.1 Å². The average molecular weight is 313 g/mol. The second-order valence-electron chi connectivity index (χ2n) is 4.62. The fourth-order valence-electron chi connectivity index (χ4n) is 2.04. The Hall–Kier alpha value is -3.06. The fourth-order valence-corrected chi connectivity index (χ4v) is 2.04. The number of amides is 1. The molecule has 7 heteroatoms. The number of hydrogen-bond donors (Lipinski definition) is 1. The van der Waals surface area contributed by atoms with Gasteiger partial charge >= 0.3 is 0 Å². The number of hydroxylamine groups is 1. The van der Waals surface area contributed by atoms with Crippen LogP contribution in [0.25, 0.3) is 22.8 Å². The average Bonchev–Trinajstić information content (AvgIpc) is 3.05. The van der Waals surface area contributed by atoms with Gasteiger partial charge in [0.1, 0.15) is 5.82 Å². The van der Waals surface area contributed by atoms with E-state index in [9.17, 15) is 9.18 Å². The largest absolute Gasteiger partial charge is 0.334 e. The number of carbonyl (C=O) groups is 1. The molecule has 1 N–H and O–H groups in total. The summed E-state index contributed by atoms with van der Waals surface area (Å²) in [4.78, 5) is 20.5. The van der Waals surface area contributed by atoms with Gasteiger partial charge in [-0.1, -0.05) is 29.4 Å². The predicted octanol–water partition coefficient (Wildman–Crippen LogP) is 2.83. The SMILES string of the molecule is CONC(=O)c1cccc(-c2noc(-c3ccccc3F)n2)c1. The van der Waals surface area contributed by atoms with Crippen LogP contribution in [0.2, 0.25) is 0 Å². The van der Waals surface area contributed by atoms with Crippen LogP contribution in [0.5, 0.6) is 0 Å². The molecule has 116 valence electrons. The number of nitrogens with zero attached hydrogens (tertiary/aromatic N) is 2. The van der Waals surface area contributed by atoms with Crippen molar-refractivity contribution in [1.82, 2.24) is 15.6 Å². The van der Waals surface area contributed by atoms with E-state index in [2.05, 4.69) is 20.5 Å². The van der Waals surface area contributed by atoms with Crippen molar-refractivity contribution in [3.8, 4) is 22.8 Å². The third-order valence-electron chi connectivity index (χ3n) is 3.11. The highest BCUT2D eigenvalue weighted by Crippen LogP contribution is 2.24. The first-order chi connectivity index (χ1) is 11.2. The highest BCUT2D eigenvalue weighted by Gasteiger charge is 2.15. The highest BCUT2D eigenvalue weighted by molar-refractivity contribution is 5.94. The molecule has 0 atom stereocenters. The second kappa shape index (κ2) is 6.37. The van der Waals surface area contributed by atoms with Gasteiger partial charge in [-0.05, 0) is 24.3 Å². The molecule has 3 aromatic rings. The Kier molecular flexibility index (Phi) is 4.11. The molecular weight excluding hydrogens is 301 g/mol. The fraction of sp³-hybridized carbons (Fsp3) is 0.0625. The van der Waals surface area contributed by atoms with E-state index in [4.69, 9.17) is 4.52 Å². The van der Waals surface area contributed by atoms with Gasteiger partial charge in [-0.25, -0.2) is 9.87 Å². The van der Waals surface area contributed by atoms with Gasteiger partial charge in [-0.3, -0.25) is 9.63 Å². The van der Waals surface area contributed by atoms with E-state index in [1.807, 2.05) is 0 Å². The van der Waals surface area contributed by atoms with Crippen LogP contribution in [0.4, 0.5) is 4.39 Å². The smallest absolute Gasteiger partial charge is 0.274 e. The molecule has 0 fully saturated rings. The van der Waals surface area contributed by atoms with Crippen molar-refractivity contribution >= 4 is 5.91 Å². The molecule has 0 unspecified atom stereocenters. The minimum Gasteiger partial charge on any atom is -0.334 e. The van der Waals surface area contributed by atoms with Gasteiger partial charge in [0.15, 0.2) is 0 Å². The van der Waals surface area contributed by atoms with E-state index in [-0.39, 0.29) is 17.3 Å². The lowest BCUT2D eigenvalue weighted by atomic mass is 10.1. The molecule has 0 aliphatic rings. The van der Waals surface area contributed by atoms with E-state index >= 15 is 0 Å². The van der Waals surface area contributed by atoms with Crippen molar-refractivity contribution < 1.29 is 18.5 Å². The summed E-state index contributed by atoms with van der Waals surface area (Å²) in [6.45, 7) is 0. The lowest BCUT2D eigenvalue weighted by molar-refractivity contribution is 0.0537. The first-order valence-electron chi connectivity index (χ1n) is 6.71. The molecule has 0 bridgehead atoms. The molecule has 23 heavy (non-hydrogen) atoms. The van der Waals surface area contributed by atoms with E-state index in [1.165, 1.54) is 13.2 Å². The lowest BCUT2D eigenvalue weighted by Crippen LogP contribution is -2.21. The monoisotopic (exact) mass is 313 g/mol. The Labute approximate surface area is 130 Å². The van der Waals surface area contributed by atoms with Gasteiger partial charge in [0.25, 0.3) is 11.8 Å². The first-order valence-corrected chi connectivity index (χ1v) is 6.71. The predicted molar refractivity (Wildman–Crippen MR) is 79.6 cm³/mol. The molecule has 0 spiro atoms. The number of halogens is 1. The van der Waals surface area contributed by atoms with Gasteiger partial charge in [-0.2, -0.15) is 4.98 Å². The molecule has 0 radical (unpaired) electrons. The molecule has 1 heterocycles. The number of hydrogen-bond acceptors (Lipinski definition) is 5. The zero-order chi connectivity index (χ0) is 16.2. The molecule has 1 aromatic heterocycles. The van der Waals surface area contributed by atoms with Crippen molar-refractivity contribution in [3.05, 3.63) is 59.9 Å². The minimum atomic E-state index is -0.448. The van der Waals surface area contributed by atoms with Gasteiger partial charge in [-0.15, -0.1) is 0 Å². The quantitative estimate of drug-likeness (QED) is 0.749. The van der Waals surface area contributed by atoms with Crippen molar-refractivity contribution in [3.63, 3.8) is 0 Å². The van der Waals surface area contributed by atoms with Gasteiger partial charge < -0.3 is 4.52 Å². The third-order valence-corrected chi connectivity index (χ3v) is 3.11. The Morgan fingerprint density at radius 1 is 1.22 bits per heavy atom. The van der Waals surface area contributed by atoms with E-state index in [1.54, 1.807) is 42.5 Å². The van der Waals surface area contributed by atoms with E-state index in [0.717, 1.165) is 0 Å². The number of nitrogens with one attached hydrogen (secondary N) is 1. The summed E-state index contributed by atoms with van der Waals surface area (Å²) >= 11 is 0. The van der Waals surface area contributed by atoms with Crippen LogP contribution in [0, 0.1) is 5.82 Å². The number of rotatable bonds is 4. The van der Waals surface area contributed by atoms with E-state index in [0.29, 0.717) is 11.1 Å². The molecule has 3 rings (SSSR count). The summed E-state index contributed by atoms with van der Waals surface area (Å²) in [5.74, 6) is -0.511. The van der Waals surface area contributed by atoms with Crippen molar-refractivity contribution in [2.24, 2.45) is 0 Å². The van der Waals surface area contributed by atoms with Gasteiger partial charge in [0.2, 0.25) is 5.82 Å². The van der Waals surface area contributed by atoms with E-state index < -0.39 is 11.7 Å². The molecule has 0 saturated heterocycles. The van der Waals surface area contributed by atoms with Gasteiger partial charge in [0.05, 0.1) is 12.7 Å². The maximum atomic E-state index is 13.7. The minimum absolute atomic E-state index is 0.0739. The molecule has 2 aromatic carbocycles. The Morgan fingerprint density at radius 2 is 2.04 bits per heavy atom. The van der Waals surface area contributed by atoms with Crippen LogP contribution in [-0.4, -0.2) is 23.2 Å². The Bertz CT molecular complexity index is 848. The summed E-state index contributed by atoms with van der Waals surface area (Å²) in [5, 5.41) is 3.83. The lowest BCUT2D eigenvalue weighted by Gasteiger charge is -2.02. The molecule has 0 aliphatic carbocycles. The first kappa shape index (κ1) is 14.9. The molecular formula is C16H12FN3O3. The molecule has 1 amide bonds. The number of aromatic nitrogens is 2. The highest BCUT2D eigenvalue weighted by atomic mass is 19.1.